The first-order valence-corrected chi connectivity index (χ1v) is 10.7. The zero-order valence-electron chi connectivity index (χ0n) is 17.8. The molecule has 0 N–H and O–H groups in total. The second-order valence-electron chi connectivity index (χ2n) is 7.42. The second-order valence-corrected chi connectivity index (χ2v) is 8.37. The highest BCUT2D eigenvalue weighted by Crippen LogP contribution is 2.27. The average Bonchev–Trinajstić information content (AvgIpc) is 3.38. The Morgan fingerprint density at radius 2 is 1.80 bits per heavy atom. The van der Waals surface area contributed by atoms with Crippen molar-refractivity contribution >= 4 is 17.5 Å². The summed E-state index contributed by atoms with van der Waals surface area (Å²) in [6.07, 6.45) is 1.64. The summed E-state index contributed by atoms with van der Waals surface area (Å²) in [6.45, 7) is 7.98. The molecular formula is C23H24N4O2S. The van der Waals surface area contributed by atoms with Crippen LogP contribution >= 0.6 is 11.8 Å². The monoisotopic (exact) mass is 420 g/mol. The third-order valence-electron chi connectivity index (χ3n) is 5.29. The van der Waals surface area contributed by atoms with E-state index in [1.54, 1.807) is 6.26 Å². The largest absolute Gasteiger partial charge is 0.469 e. The Labute approximate surface area is 179 Å². The van der Waals surface area contributed by atoms with Crippen molar-refractivity contribution in [3.63, 3.8) is 0 Å². The number of ketones is 1. The van der Waals surface area contributed by atoms with Gasteiger partial charge in [-0.2, -0.15) is 0 Å². The summed E-state index contributed by atoms with van der Waals surface area (Å²) in [6, 6.07) is 12.2. The van der Waals surface area contributed by atoms with E-state index >= 15 is 0 Å². The molecular weight excluding hydrogens is 396 g/mol. The molecule has 0 saturated carbocycles. The molecule has 4 rings (SSSR count). The number of hydrogen-bond donors (Lipinski definition) is 0. The third-order valence-corrected chi connectivity index (χ3v) is 6.31. The molecule has 0 aliphatic heterocycles. The summed E-state index contributed by atoms with van der Waals surface area (Å²) < 4.78 is 9.38. The number of benzene rings is 1. The molecule has 0 saturated heterocycles. The minimum absolute atomic E-state index is 0.0792. The molecule has 0 bridgehead atoms. The number of nitrogens with zero attached hydrogens (tertiary/aromatic N) is 4. The fourth-order valence-electron chi connectivity index (χ4n) is 3.64. The van der Waals surface area contributed by atoms with Gasteiger partial charge in [0.1, 0.15) is 5.76 Å². The van der Waals surface area contributed by atoms with Gasteiger partial charge >= 0.3 is 0 Å². The maximum Gasteiger partial charge on any atom is 0.191 e. The topological polar surface area (TPSA) is 65.8 Å². The highest BCUT2D eigenvalue weighted by atomic mass is 32.2. The molecule has 0 unspecified atom stereocenters. The zero-order chi connectivity index (χ0) is 21.4. The maximum absolute atomic E-state index is 13.0. The van der Waals surface area contributed by atoms with Gasteiger partial charge in [0, 0.05) is 29.7 Å². The Hall–Kier alpha value is -3.06. The number of thioether (sulfide) groups is 1. The molecule has 3 heterocycles. The lowest BCUT2D eigenvalue weighted by molar-refractivity contribution is 0.102. The molecule has 4 aromatic rings. The molecule has 0 radical (unpaired) electrons. The van der Waals surface area contributed by atoms with Crippen molar-refractivity contribution in [3.8, 4) is 17.1 Å². The van der Waals surface area contributed by atoms with Crippen molar-refractivity contribution in [1.82, 2.24) is 19.3 Å². The van der Waals surface area contributed by atoms with Crippen LogP contribution in [0, 0.1) is 27.7 Å². The van der Waals surface area contributed by atoms with Gasteiger partial charge in [0.15, 0.2) is 16.8 Å². The zero-order valence-corrected chi connectivity index (χ0v) is 18.6. The normalized spacial score (nSPS) is 11.2. The first kappa shape index (κ1) is 20.2. The van der Waals surface area contributed by atoms with E-state index in [2.05, 4.69) is 46.0 Å². The number of aromatic nitrogens is 4. The minimum Gasteiger partial charge on any atom is -0.469 e. The van der Waals surface area contributed by atoms with Crippen molar-refractivity contribution in [1.29, 1.82) is 0 Å². The maximum atomic E-state index is 13.0. The first-order valence-electron chi connectivity index (χ1n) is 9.72. The van der Waals surface area contributed by atoms with E-state index in [9.17, 15) is 4.79 Å². The summed E-state index contributed by atoms with van der Waals surface area (Å²) in [5.74, 6) is 1.90. The third kappa shape index (κ3) is 3.61. The minimum atomic E-state index is 0.0792. The number of Topliss-reactive ketones (excluding diaryl/α,β-unsaturated/α-hetero) is 1. The van der Waals surface area contributed by atoms with E-state index in [-0.39, 0.29) is 5.78 Å². The Kier molecular flexibility index (Phi) is 5.39. The van der Waals surface area contributed by atoms with Crippen LogP contribution in [-0.2, 0) is 7.05 Å². The molecule has 0 aliphatic carbocycles. The predicted molar refractivity (Wildman–Crippen MR) is 118 cm³/mol. The first-order chi connectivity index (χ1) is 14.4. The SMILES string of the molecule is Cc1ccc(-n2c(C)cc(C(=O)CSc3nnc(-c4ccoc4C)n3C)c2C)cc1. The van der Waals surface area contributed by atoms with E-state index < -0.39 is 0 Å². The molecule has 0 spiro atoms. The van der Waals surface area contributed by atoms with Crippen LogP contribution in [-0.4, -0.2) is 30.9 Å². The van der Waals surface area contributed by atoms with Gasteiger partial charge in [-0.05, 0) is 52.0 Å². The van der Waals surface area contributed by atoms with Crippen LogP contribution in [0.25, 0.3) is 17.1 Å². The molecule has 0 fully saturated rings. The number of carbonyl (C=O) groups excluding carboxylic acids is 1. The lowest BCUT2D eigenvalue weighted by Crippen LogP contribution is -2.06. The van der Waals surface area contributed by atoms with Crippen molar-refractivity contribution < 1.29 is 9.21 Å². The van der Waals surface area contributed by atoms with Crippen molar-refractivity contribution in [2.24, 2.45) is 7.05 Å². The van der Waals surface area contributed by atoms with E-state index in [4.69, 9.17) is 4.42 Å². The van der Waals surface area contributed by atoms with Crippen LogP contribution in [0.4, 0.5) is 0 Å². The van der Waals surface area contributed by atoms with Gasteiger partial charge in [-0.25, -0.2) is 0 Å². The van der Waals surface area contributed by atoms with Crippen molar-refractivity contribution in [2.75, 3.05) is 5.75 Å². The number of carbonyl (C=O) groups is 1. The number of aryl methyl sites for hydroxylation is 3. The van der Waals surface area contributed by atoms with Crippen LogP contribution in [0.3, 0.4) is 0 Å². The number of hydrogen-bond acceptors (Lipinski definition) is 5. The Morgan fingerprint density at radius 1 is 1.07 bits per heavy atom. The fraction of sp³-hybridized carbons (Fsp3) is 0.261. The van der Waals surface area contributed by atoms with Crippen LogP contribution in [0.15, 0.2) is 52.2 Å². The highest BCUT2D eigenvalue weighted by molar-refractivity contribution is 7.99. The number of furan rings is 1. The predicted octanol–water partition coefficient (Wildman–Crippen LogP) is 5.07. The standard InChI is InChI=1S/C23H24N4O2S/c1-14-6-8-18(9-7-14)27-15(2)12-20(16(27)3)21(28)13-30-23-25-24-22(26(23)5)19-10-11-29-17(19)4/h6-12H,13H2,1-5H3. The van der Waals surface area contributed by atoms with Crippen LogP contribution in [0.5, 0.6) is 0 Å². The van der Waals surface area contributed by atoms with Gasteiger partial charge < -0.3 is 13.6 Å². The molecule has 1 aromatic carbocycles. The van der Waals surface area contributed by atoms with Crippen LogP contribution in [0.1, 0.15) is 33.1 Å². The average molecular weight is 421 g/mol. The molecule has 7 heteroatoms. The van der Waals surface area contributed by atoms with Crippen LogP contribution < -0.4 is 0 Å². The summed E-state index contributed by atoms with van der Waals surface area (Å²) >= 11 is 1.40. The Bertz CT molecular complexity index is 1210. The lowest BCUT2D eigenvalue weighted by Gasteiger charge is -2.10. The van der Waals surface area contributed by atoms with E-state index in [1.807, 2.05) is 44.5 Å². The molecule has 30 heavy (non-hydrogen) atoms. The van der Waals surface area contributed by atoms with Gasteiger partial charge in [-0.1, -0.05) is 29.5 Å². The summed E-state index contributed by atoms with van der Waals surface area (Å²) in [4.78, 5) is 13.0. The van der Waals surface area contributed by atoms with Gasteiger partial charge in [-0.3, -0.25) is 4.79 Å². The molecule has 0 atom stereocenters. The van der Waals surface area contributed by atoms with Crippen molar-refractivity contribution in [2.45, 2.75) is 32.9 Å². The molecule has 6 nitrogen and oxygen atoms in total. The lowest BCUT2D eigenvalue weighted by atomic mass is 10.2. The summed E-state index contributed by atoms with van der Waals surface area (Å²) in [5, 5.41) is 9.23. The summed E-state index contributed by atoms with van der Waals surface area (Å²) in [5.41, 5.74) is 5.92. The fourth-order valence-corrected chi connectivity index (χ4v) is 4.43. The second kappa shape index (κ2) is 7.99. The van der Waals surface area contributed by atoms with Gasteiger partial charge in [0.2, 0.25) is 0 Å². The highest BCUT2D eigenvalue weighted by Gasteiger charge is 2.19. The molecule has 3 aromatic heterocycles. The smallest absolute Gasteiger partial charge is 0.191 e. The van der Waals surface area contributed by atoms with E-state index in [0.717, 1.165) is 39.8 Å². The Morgan fingerprint density at radius 3 is 2.47 bits per heavy atom. The van der Waals surface area contributed by atoms with Gasteiger partial charge in [0.05, 0.1) is 17.6 Å². The molecule has 154 valence electrons. The summed E-state index contributed by atoms with van der Waals surface area (Å²) in [7, 11) is 1.90. The molecule has 0 amide bonds. The van der Waals surface area contributed by atoms with E-state index in [1.165, 1.54) is 17.3 Å². The van der Waals surface area contributed by atoms with Gasteiger partial charge in [0.25, 0.3) is 0 Å². The van der Waals surface area contributed by atoms with Gasteiger partial charge in [-0.15, -0.1) is 10.2 Å². The Balaban J connectivity index is 1.53. The van der Waals surface area contributed by atoms with Crippen LogP contribution in [0.2, 0.25) is 0 Å². The molecule has 0 aliphatic rings. The number of rotatable bonds is 6. The van der Waals surface area contributed by atoms with E-state index in [0.29, 0.717) is 10.9 Å². The quantitative estimate of drug-likeness (QED) is 0.322. The van der Waals surface area contributed by atoms with Crippen molar-refractivity contribution in [3.05, 3.63) is 70.9 Å².